The summed E-state index contributed by atoms with van der Waals surface area (Å²) in [7, 11) is 0. The van der Waals surface area contributed by atoms with Crippen LogP contribution in [-0.2, 0) is 14.3 Å². The number of ether oxygens (including phenoxy) is 1. The molecule has 40 heavy (non-hydrogen) atoms. The van der Waals surface area contributed by atoms with Gasteiger partial charge in [-0.15, -0.1) is 0 Å². The minimum atomic E-state index is -1.81. The van der Waals surface area contributed by atoms with Gasteiger partial charge in [-0.05, 0) is 43.6 Å². The number of fused-ring (bicyclic) bond motifs is 5. The summed E-state index contributed by atoms with van der Waals surface area (Å²) in [5.41, 5.74) is -4.86. The molecule has 0 radical (unpaired) electrons. The summed E-state index contributed by atoms with van der Waals surface area (Å²) in [6, 6.07) is 0. The quantitative estimate of drug-likeness (QED) is 0.173. The lowest BCUT2D eigenvalue weighted by molar-refractivity contribution is -0.199. The Labute approximate surface area is 240 Å². The number of Topliss-reactive ketones (excluding diaryl/α,β-unsaturated/α-hetero) is 1. The van der Waals surface area contributed by atoms with E-state index in [1.807, 2.05) is 13.8 Å². The minimum absolute atomic E-state index is 0.0414. The van der Waals surface area contributed by atoms with Crippen molar-refractivity contribution >= 4 is 11.8 Å². The monoisotopic (exact) mass is 562 g/mol. The van der Waals surface area contributed by atoms with Gasteiger partial charge < -0.3 is 25.2 Å². The van der Waals surface area contributed by atoms with Crippen LogP contribution in [0.1, 0.15) is 124 Å². The van der Waals surface area contributed by atoms with Gasteiger partial charge in [0.2, 0.25) is 0 Å². The van der Waals surface area contributed by atoms with Crippen molar-refractivity contribution in [1.82, 2.24) is 0 Å². The van der Waals surface area contributed by atoms with Crippen LogP contribution in [0.25, 0.3) is 0 Å². The number of aliphatic hydroxyl groups is 4. The topological polar surface area (TPSA) is 124 Å². The fourth-order valence-corrected chi connectivity index (χ4v) is 8.86. The zero-order chi connectivity index (χ0) is 29.3. The van der Waals surface area contributed by atoms with Gasteiger partial charge in [-0.2, -0.15) is 0 Å². The Kier molecular flexibility index (Phi) is 9.61. The van der Waals surface area contributed by atoms with Crippen LogP contribution in [0.4, 0.5) is 0 Å². The summed E-state index contributed by atoms with van der Waals surface area (Å²) < 4.78 is 5.93. The zero-order valence-electron chi connectivity index (χ0n) is 25.3. The summed E-state index contributed by atoms with van der Waals surface area (Å²) in [4.78, 5) is 26.0. The first-order chi connectivity index (χ1) is 18.9. The molecule has 0 aliphatic heterocycles. The second kappa shape index (κ2) is 12.1. The number of hydrogen-bond acceptors (Lipinski definition) is 7. The predicted octanol–water partition coefficient (Wildman–Crippen LogP) is 5.02. The normalized spacial score (nSPS) is 39.5. The maximum atomic E-state index is 13.1. The Bertz CT molecular complexity index is 958. The lowest BCUT2D eigenvalue weighted by Crippen LogP contribution is -2.60. The number of unbranched alkanes of at least 4 members (excludes halogenated alkanes) is 10. The van der Waals surface area contributed by atoms with Crippen LogP contribution in [0.5, 0.6) is 0 Å². The molecular weight excluding hydrogens is 508 g/mol. The molecule has 0 amide bonds. The molecule has 0 aromatic rings. The van der Waals surface area contributed by atoms with Gasteiger partial charge in [0.05, 0.1) is 5.60 Å². The van der Waals surface area contributed by atoms with E-state index < -0.39 is 45.9 Å². The molecule has 4 aliphatic carbocycles. The van der Waals surface area contributed by atoms with Crippen LogP contribution in [0, 0.1) is 29.1 Å². The highest BCUT2D eigenvalue weighted by atomic mass is 16.6. The SMILES string of the molecule is CCCCCCCCCCCCCC(=O)O[C@@H]1C[C@@]2(O)[C@@H](CC(CO)C[C@]3(O)C(=O)C(C)=C[C@@H]23)[C@@H]2C(C)(C)[C@@]21O. The third-order valence-electron chi connectivity index (χ3n) is 11.2. The van der Waals surface area contributed by atoms with Crippen molar-refractivity contribution in [2.75, 3.05) is 6.61 Å². The number of rotatable bonds is 14. The molecule has 228 valence electrons. The Balaban J connectivity index is 1.36. The summed E-state index contributed by atoms with van der Waals surface area (Å²) in [6.45, 7) is 7.53. The molecule has 0 bridgehead atoms. The lowest BCUT2D eigenvalue weighted by Gasteiger charge is -2.48. The number of hydrogen-bond donors (Lipinski definition) is 4. The molecule has 1 unspecified atom stereocenters. The van der Waals surface area contributed by atoms with Gasteiger partial charge in [0.15, 0.2) is 5.78 Å². The first kappa shape index (κ1) is 31.7. The largest absolute Gasteiger partial charge is 0.459 e. The summed E-state index contributed by atoms with van der Waals surface area (Å²) in [5, 5.41) is 45.9. The molecule has 4 aliphatic rings. The second-order valence-corrected chi connectivity index (χ2v) is 14.2. The molecule has 4 N–H and O–H groups in total. The molecule has 0 heterocycles. The van der Waals surface area contributed by atoms with Crippen molar-refractivity contribution in [3.63, 3.8) is 0 Å². The summed E-state index contributed by atoms with van der Waals surface area (Å²) in [5.74, 6) is -2.85. The average Bonchev–Trinajstić information content (AvgIpc) is 3.30. The van der Waals surface area contributed by atoms with E-state index in [9.17, 15) is 30.0 Å². The third-order valence-corrected chi connectivity index (χ3v) is 11.2. The molecular formula is C33H54O7. The first-order valence-electron chi connectivity index (χ1n) is 16.1. The number of esters is 1. The van der Waals surface area contributed by atoms with Crippen molar-refractivity contribution in [1.29, 1.82) is 0 Å². The van der Waals surface area contributed by atoms with Crippen LogP contribution in [0.2, 0.25) is 0 Å². The van der Waals surface area contributed by atoms with E-state index in [4.69, 9.17) is 4.74 Å². The van der Waals surface area contributed by atoms with Crippen molar-refractivity contribution in [3.8, 4) is 0 Å². The van der Waals surface area contributed by atoms with Crippen LogP contribution in [0.15, 0.2) is 11.6 Å². The maximum Gasteiger partial charge on any atom is 0.306 e. The van der Waals surface area contributed by atoms with Crippen molar-refractivity contribution in [2.24, 2.45) is 29.1 Å². The molecule has 0 aromatic heterocycles. The van der Waals surface area contributed by atoms with Crippen molar-refractivity contribution < 1.29 is 34.8 Å². The molecule has 4 rings (SSSR count). The van der Waals surface area contributed by atoms with Gasteiger partial charge in [0.25, 0.3) is 0 Å². The highest BCUT2D eigenvalue weighted by Gasteiger charge is 2.83. The predicted molar refractivity (Wildman–Crippen MR) is 153 cm³/mol. The minimum Gasteiger partial charge on any atom is -0.459 e. The van der Waals surface area contributed by atoms with Gasteiger partial charge in [-0.1, -0.05) is 91.1 Å². The van der Waals surface area contributed by atoms with Crippen LogP contribution in [-0.4, -0.2) is 61.7 Å². The Morgan fingerprint density at radius 1 is 0.950 bits per heavy atom. The number of aliphatic hydroxyl groups excluding tert-OH is 1. The lowest BCUT2D eigenvalue weighted by atomic mass is 9.63. The van der Waals surface area contributed by atoms with E-state index in [0.717, 1.165) is 19.3 Å². The summed E-state index contributed by atoms with van der Waals surface area (Å²) in [6.07, 6.45) is 14.5. The van der Waals surface area contributed by atoms with E-state index in [2.05, 4.69) is 6.92 Å². The highest BCUT2D eigenvalue weighted by molar-refractivity contribution is 6.04. The number of ketones is 1. The number of carbonyl (C=O) groups excluding carboxylic acids is 2. The zero-order valence-corrected chi connectivity index (χ0v) is 25.3. The third kappa shape index (κ3) is 5.45. The fourth-order valence-electron chi connectivity index (χ4n) is 8.86. The molecule has 3 fully saturated rings. The van der Waals surface area contributed by atoms with E-state index in [1.54, 1.807) is 13.0 Å². The van der Waals surface area contributed by atoms with Gasteiger partial charge in [0.1, 0.15) is 17.3 Å². The van der Waals surface area contributed by atoms with Crippen LogP contribution < -0.4 is 0 Å². The average molecular weight is 563 g/mol. The standard InChI is InChI=1S/C33H54O7/c1-5-6-7-8-9-10-11-12-13-14-15-16-27(35)40-26-20-31(37)24(28-30(3,4)33(26,28)39)18-23(21-34)19-32(38)25(31)17-22(2)29(32)36/h17,23-26,28,34,37-39H,5-16,18-21H2,1-4H3/t23?,24-,25-,26+,28+,31+,32+,33-/m0/s1. The van der Waals surface area contributed by atoms with Gasteiger partial charge in [-0.25, -0.2) is 0 Å². The smallest absolute Gasteiger partial charge is 0.306 e. The molecule has 0 spiro atoms. The summed E-state index contributed by atoms with van der Waals surface area (Å²) >= 11 is 0. The Morgan fingerprint density at radius 2 is 1.52 bits per heavy atom. The van der Waals surface area contributed by atoms with E-state index in [0.29, 0.717) is 12.0 Å². The van der Waals surface area contributed by atoms with Crippen molar-refractivity contribution in [3.05, 3.63) is 11.6 Å². The first-order valence-corrected chi connectivity index (χ1v) is 16.1. The molecule has 3 saturated carbocycles. The molecule has 0 aromatic carbocycles. The van der Waals surface area contributed by atoms with Gasteiger partial charge in [-0.3, -0.25) is 9.59 Å². The van der Waals surface area contributed by atoms with E-state index in [-0.39, 0.29) is 43.7 Å². The van der Waals surface area contributed by atoms with E-state index in [1.165, 1.54) is 51.4 Å². The van der Waals surface area contributed by atoms with Crippen LogP contribution in [0.3, 0.4) is 0 Å². The Hall–Kier alpha value is -1.28. The number of carbonyl (C=O) groups is 2. The second-order valence-electron chi connectivity index (χ2n) is 14.2. The molecule has 7 heteroatoms. The molecule has 0 saturated heterocycles. The van der Waals surface area contributed by atoms with Crippen LogP contribution >= 0.6 is 0 Å². The fraction of sp³-hybridized carbons (Fsp3) is 0.879. The van der Waals surface area contributed by atoms with Gasteiger partial charge >= 0.3 is 5.97 Å². The highest BCUT2D eigenvalue weighted by Crippen LogP contribution is 2.75. The molecule has 7 nitrogen and oxygen atoms in total. The van der Waals surface area contributed by atoms with Gasteiger partial charge in [0, 0.05) is 36.7 Å². The Morgan fingerprint density at radius 3 is 2.10 bits per heavy atom. The van der Waals surface area contributed by atoms with Crippen molar-refractivity contribution in [2.45, 2.75) is 147 Å². The maximum absolute atomic E-state index is 13.1. The van der Waals surface area contributed by atoms with E-state index >= 15 is 0 Å². The molecule has 8 atom stereocenters.